The van der Waals surface area contributed by atoms with Crippen molar-refractivity contribution in [3.8, 4) is 11.5 Å². The number of fused-ring (bicyclic) bond motifs is 1. The molecule has 0 saturated heterocycles. The zero-order valence-corrected chi connectivity index (χ0v) is 18.0. The fourth-order valence-electron chi connectivity index (χ4n) is 3.36. The first-order chi connectivity index (χ1) is 15.0. The topological polar surface area (TPSA) is 90.9 Å². The molecule has 8 heteroatoms. The maximum atomic E-state index is 13.6. The summed E-state index contributed by atoms with van der Waals surface area (Å²) in [6.07, 6.45) is 1.81. The number of aliphatic imine (C=N–C) groups is 1. The number of H-pyrrole nitrogens is 1. The summed E-state index contributed by atoms with van der Waals surface area (Å²) in [5.41, 5.74) is 2.64. The van der Waals surface area contributed by atoms with Gasteiger partial charge in [0.2, 0.25) is 0 Å². The quantitative estimate of drug-likeness (QED) is 0.311. The molecule has 0 bridgehead atoms. The number of ether oxygens (including phenoxy) is 2. The Hall–Kier alpha value is -3.26. The Kier molecular flexibility index (Phi) is 7.72. The number of halogens is 1. The number of nitrogens with one attached hydrogen (secondary N) is 3. The van der Waals surface area contributed by atoms with Crippen molar-refractivity contribution in [1.82, 2.24) is 15.6 Å². The highest BCUT2D eigenvalue weighted by Crippen LogP contribution is 2.30. The summed E-state index contributed by atoms with van der Waals surface area (Å²) in [6.45, 7) is 3.46. The Labute approximate surface area is 181 Å². The molecule has 1 unspecified atom stereocenters. The van der Waals surface area contributed by atoms with Gasteiger partial charge < -0.3 is 30.2 Å². The third-order valence-corrected chi connectivity index (χ3v) is 4.98. The summed E-state index contributed by atoms with van der Waals surface area (Å²) in [5, 5.41) is 17.9. The molecule has 0 amide bonds. The second-order valence-electron chi connectivity index (χ2n) is 7.03. The monoisotopic (exact) mass is 428 g/mol. The molecule has 0 spiro atoms. The van der Waals surface area contributed by atoms with Crippen LogP contribution in [-0.4, -0.2) is 49.9 Å². The van der Waals surface area contributed by atoms with Gasteiger partial charge in [0.25, 0.3) is 0 Å². The van der Waals surface area contributed by atoms with Gasteiger partial charge >= 0.3 is 0 Å². The third kappa shape index (κ3) is 5.67. The van der Waals surface area contributed by atoms with Crippen molar-refractivity contribution in [2.45, 2.75) is 19.4 Å². The smallest absolute Gasteiger partial charge is 0.191 e. The van der Waals surface area contributed by atoms with E-state index >= 15 is 0 Å². The van der Waals surface area contributed by atoms with Crippen LogP contribution in [0.5, 0.6) is 11.5 Å². The first kappa shape index (κ1) is 22.4. The van der Waals surface area contributed by atoms with Gasteiger partial charge in [0.1, 0.15) is 5.82 Å². The molecule has 0 aliphatic carbocycles. The summed E-state index contributed by atoms with van der Waals surface area (Å²) in [7, 11) is 3.13. The second kappa shape index (κ2) is 10.7. The van der Waals surface area contributed by atoms with E-state index in [1.165, 1.54) is 6.07 Å². The number of guanidine groups is 1. The lowest BCUT2D eigenvalue weighted by molar-refractivity contribution is 0.186. The molecule has 166 valence electrons. The number of methoxy groups -OCH3 is 2. The second-order valence-corrected chi connectivity index (χ2v) is 7.03. The van der Waals surface area contributed by atoms with E-state index in [1.807, 2.05) is 13.1 Å². The molecule has 4 N–H and O–H groups in total. The Morgan fingerprint density at radius 3 is 2.68 bits per heavy atom. The zero-order chi connectivity index (χ0) is 22.2. The van der Waals surface area contributed by atoms with Crippen LogP contribution in [0.25, 0.3) is 10.9 Å². The standard InChI is InChI=1S/C23H29FN4O3/c1-4-25-23(26-10-9-16-13-27-19-7-6-17(24)12-18(16)19)28-14-20(29)15-5-8-21(30-2)22(11-15)31-3/h5-8,11-13,20,27,29H,4,9-10,14H2,1-3H3,(H2,25,26,28). The Morgan fingerprint density at radius 2 is 1.94 bits per heavy atom. The van der Waals surface area contributed by atoms with E-state index in [1.54, 1.807) is 44.6 Å². The van der Waals surface area contributed by atoms with Crippen LogP contribution in [-0.2, 0) is 6.42 Å². The van der Waals surface area contributed by atoms with E-state index in [0.29, 0.717) is 42.5 Å². The molecule has 1 aromatic heterocycles. The van der Waals surface area contributed by atoms with Gasteiger partial charge in [0, 0.05) is 30.2 Å². The molecule has 7 nitrogen and oxygen atoms in total. The highest BCUT2D eigenvalue weighted by Gasteiger charge is 2.12. The molecule has 3 aromatic rings. The van der Waals surface area contributed by atoms with E-state index in [0.717, 1.165) is 16.5 Å². The predicted octanol–water partition coefficient (Wildman–Crippen LogP) is 3.16. The van der Waals surface area contributed by atoms with Crippen molar-refractivity contribution in [2.24, 2.45) is 4.99 Å². The van der Waals surface area contributed by atoms with Crippen LogP contribution in [0.1, 0.15) is 24.2 Å². The summed E-state index contributed by atoms with van der Waals surface area (Å²) < 4.78 is 24.1. The largest absolute Gasteiger partial charge is 0.493 e. The lowest BCUT2D eigenvalue weighted by Crippen LogP contribution is -2.38. The van der Waals surface area contributed by atoms with Crippen LogP contribution < -0.4 is 20.1 Å². The molecule has 1 atom stereocenters. The number of nitrogens with zero attached hydrogens (tertiary/aromatic N) is 1. The number of aliphatic hydroxyl groups excluding tert-OH is 1. The number of aliphatic hydroxyl groups is 1. The molecule has 0 radical (unpaired) electrons. The molecule has 0 aliphatic heterocycles. The van der Waals surface area contributed by atoms with Gasteiger partial charge in [-0.2, -0.15) is 0 Å². The molecular formula is C23H29FN4O3. The predicted molar refractivity (Wildman–Crippen MR) is 120 cm³/mol. The average molecular weight is 429 g/mol. The van der Waals surface area contributed by atoms with E-state index in [4.69, 9.17) is 9.47 Å². The molecule has 0 aliphatic rings. The van der Waals surface area contributed by atoms with Crippen LogP contribution in [0.2, 0.25) is 0 Å². The van der Waals surface area contributed by atoms with Crippen molar-refractivity contribution in [3.05, 3.63) is 59.5 Å². The number of aromatic nitrogens is 1. The first-order valence-electron chi connectivity index (χ1n) is 10.2. The van der Waals surface area contributed by atoms with Crippen molar-refractivity contribution in [2.75, 3.05) is 33.9 Å². The minimum atomic E-state index is -0.785. The number of hydrogen-bond acceptors (Lipinski definition) is 4. The van der Waals surface area contributed by atoms with Gasteiger partial charge in [-0.25, -0.2) is 4.39 Å². The fraction of sp³-hybridized carbons (Fsp3) is 0.348. The molecule has 0 fully saturated rings. The van der Waals surface area contributed by atoms with Crippen LogP contribution in [0.15, 0.2) is 47.6 Å². The maximum Gasteiger partial charge on any atom is 0.191 e. The van der Waals surface area contributed by atoms with Crippen molar-refractivity contribution < 1.29 is 19.0 Å². The summed E-state index contributed by atoms with van der Waals surface area (Å²) >= 11 is 0. The number of aromatic amines is 1. The molecular weight excluding hydrogens is 399 g/mol. The molecule has 3 rings (SSSR count). The van der Waals surface area contributed by atoms with Gasteiger partial charge in [0.15, 0.2) is 17.5 Å². The maximum absolute atomic E-state index is 13.6. The molecule has 31 heavy (non-hydrogen) atoms. The van der Waals surface area contributed by atoms with Gasteiger partial charge in [-0.15, -0.1) is 0 Å². The fourth-order valence-corrected chi connectivity index (χ4v) is 3.36. The van der Waals surface area contributed by atoms with Crippen LogP contribution in [0.4, 0.5) is 4.39 Å². The van der Waals surface area contributed by atoms with E-state index in [-0.39, 0.29) is 12.4 Å². The SMILES string of the molecule is CCNC(=NCC(O)c1ccc(OC)c(OC)c1)NCCc1c[nH]c2ccc(F)cc12. The molecule has 2 aromatic carbocycles. The lowest BCUT2D eigenvalue weighted by atomic mass is 10.1. The Bertz CT molecular complexity index is 1030. The van der Waals surface area contributed by atoms with Gasteiger partial charge in [0.05, 0.1) is 26.9 Å². The third-order valence-electron chi connectivity index (χ3n) is 4.98. The minimum absolute atomic E-state index is 0.184. The van der Waals surface area contributed by atoms with Crippen LogP contribution >= 0.6 is 0 Å². The van der Waals surface area contributed by atoms with Crippen LogP contribution in [0, 0.1) is 5.82 Å². The Balaban J connectivity index is 1.61. The van der Waals surface area contributed by atoms with Crippen molar-refractivity contribution in [3.63, 3.8) is 0 Å². The highest BCUT2D eigenvalue weighted by molar-refractivity contribution is 5.83. The molecule has 1 heterocycles. The van der Waals surface area contributed by atoms with Gasteiger partial charge in [-0.3, -0.25) is 4.99 Å². The number of rotatable bonds is 9. The Morgan fingerprint density at radius 1 is 1.13 bits per heavy atom. The lowest BCUT2D eigenvalue weighted by Gasteiger charge is -2.15. The summed E-state index contributed by atoms with van der Waals surface area (Å²) in [4.78, 5) is 7.65. The van der Waals surface area contributed by atoms with Crippen molar-refractivity contribution in [1.29, 1.82) is 0 Å². The van der Waals surface area contributed by atoms with Crippen molar-refractivity contribution >= 4 is 16.9 Å². The summed E-state index contributed by atoms with van der Waals surface area (Å²) in [5.74, 6) is 1.52. The zero-order valence-electron chi connectivity index (χ0n) is 18.0. The van der Waals surface area contributed by atoms with Crippen LogP contribution in [0.3, 0.4) is 0 Å². The summed E-state index contributed by atoms with van der Waals surface area (Å²) in [6, 6.07) is 10.0. The number of hydrogen-bond donors (Lipinski definition) is 4. The number of benzene rings is 2. The minimum Gasteiger partial charge on any atom is -0.493 e. The average Bonchev–Trinajstić information content (AvgIpc) is 3.18. The first-order valence-corrected chi connectivity index (χ1v) is 10.2. The normalized spacial score (nSPS) is 12.6. The van der Waals surface area contributed by atoms with Gasteiger partial charge in [-0.1, -0.05) is 6.07 Å². The van der Waals surface area contributed by atoms with Gasteiger partial charge in [-0.05, 0) is 54.8 Å². The van der Waals surface area contributed by atoms with E-state index in [2.05, 4.69) is 20.6 Å². The van der Waals surface area contributed by atoms with E-state index in [9.17, 15) is 9.50 Å². The van der Waals surface area contributed by atoms with E-state index < -0.39 is 6.10 Å². The highest BCUT2D eigenvalue weighted by atomic mass is 19.1. The molecule has 0 saturated carbocycles.